The molecule has 2 atom stereocenters. The van der Waals surface area contributed by atoms with E-state index in [1.807, 2.05) is 0 Å². The molecule has 0 radical (unpaired) electrons. The van der Waals surface area contributed by atoms with Gasteiger partial charge in [-0.2, -0.15) is 0 Å². The number of fused-ring (bicyclic) bond motifs is 5. The Labute approximate surface area is 92.7 Å². The number of hydrogen-bond donors (Lipinski definition) is 0. The first kappa shape index (κ1) is 9.45. The first-order chi connectivity index (χ1) is 6.93. The van der Waals surface area contributed by atoms with Crippen molar-refractivity contribution >= 4 is 0 Å². The summed E-state index contributed by atoms with van der Waals surface area (Å²) in [7, 11) is 0. The molecule has 0 N–H and O–H groups in total. The molecule has 0 aliphatic heterocycles. The van der Waals surface area contributed by atoms with Crippen LogP contribution in [0.4, 0.5) is 0 Å². The standard InChI is InChI=1S/C15H20/c1-13(2)14(3)9-10-15(13,4)12-8-6-5-7-11(12)14/h5-8H,9-10H2,1-4H3. The van der Waals surface area contributed by atoms with E-state index in [9.17, 15) is 0 Å². The van der Waals surface area contributed by atoms with E-state index in [0.717, 1.165) is 0 Å². The predicted octanol–water partition coefficient (Wildman–Crippen LogP) is 4.04. The zero-order valence-corrected chi connectivity index (χ0v) is 10.2. The van der Waals surface area contributed by atoms with E-state index in [4.69, 9.17) is 0 Å². The topological polar surface area (TPSA) is 0 Å². The average molecular weight is 200 g/mol. The lowest BCUT2D eigenvalue weighted by molar-refractivity contribution is 0.172. The van der Waals surface area contributed by atoms with Gasteiger partial charge in [0.2, 0.25) is 0 Å². The lowest BCUT2D eigenvalue weighted by Crippen LogP contribution is -2.37. The Morgan fingerprint density at radius 3 is 1.60 bits per heavy atom. The molecule has 0 heterocycles. The van der Waals surface area contributed by atoms with Crippen LogP contribution < -0.4 is 0 Å². The van der Waals surface area contributed by atoms with Crippen molar-refractivity contribution in [3.05, 3.63) is 35.4 Å². The fourth-order valence-electron chi connectivity index (χ4n) is 4.12. The summed E-state index contributed by atoms with van der Waals surface area (Å²) in [5.74, 6) is 0. The van der Waals surface area contributed by atoms with Gasteiger partial charge in [-0.3, -0.25) is 0 Å². The van der Waals surface area contributed by atoms with Crippen LogP contribution in [0.5, 0.6) is 0 Å². The van der Waals surface area contributed by atoms with Crippen molar-refractivity contribution in [2.75, 3.05) is 0 Å². The fourth-order valence-corrected chi connectivity index (χ4v) is 4.12. The average Bonchev–Trinajstić information content (AvgIpc) is 2.47. The van der Waals surface area contributed by atoms with E-state index in [2.05, 4.69) is 52.0 Å². The minimum absolute atomic E-state index is 0.401. The third-order valence-electron chi connectivity index (χ3n) is 6.00. The van der Waals surface area contributed by atoms with Crippen LogP contribution in [0.1, 0.15) is 51.7 Å². The first-order valence-corrected chi connectivity index (χ1v) is 6.03. The van der Waals surface area contributed by atoms with Crippen molar-refractivity contribution in [1.82, 2.24) is 0 Å². The lowest BCUT2D eigenvalue weighted by atomic mass is 9.64. The Hall–Kier alpha value is -0.780. The molecule has 1 fully saturated rings. The molecule has 80 valence electrons. The third-order valence-corrected chi connectivity index (χ3v) is 6.00. The number of benzene rings is 1. The third kappa shape index (κ3) is 0.746. The zero-order chi connectivity index (χ0) is 10.9. The second-order valence-electron chi connectivity index (χ2n) is 6.33. The molecule has 1 saturated carbocycles. The molecular formula is C15H20. The van der Waals surface area contributed by atoms with Gasteiger partial charge in [0, 0.05) is 0 Å². The summed E-state index contributed by atoms with van der Waals surface area (Å²) in [6.07, 6.45) is 2.71. The summed E-state index contributed by atoms with van der Waals surface area (Å²) < 4.78 is 0. The maximum Gasteiger partial charge on any atom is -0.00125 e. The highest BCUT2D eigenvalue weighted by Gasteiger charge is 2.65. The summed E-state index contributed by atoms with van der Waals surface area (Å²) in [5.41, 5.74) is 4.44. The smallest absolute Gasteiger partial charge is 0.00125 e. The van der Waals surface area contributed by atoms with Crippen molar-refractivity contribution in [2.45, 2.75) is 51.4 Å². The van der Waals surface area contributed by atoms with Gasteiger partial charge in [-0.15, -0.1) is 0 Å². The van der Waals surface area contributed by atoms with Crippen LogP contribution in [0.25, 0.3) is 0 Å². The molecule has 0 heteroatoms. The van der Waals surface area contributed by atoms with E-state index < -0.39 is 0 Å². The molecule has 0 amide bonds. The zero-order valence-electron chi connectivity index (χ0n) is 10.2. The van der Waals surface area contributed by atoms with Crippen molar-refractivity contribution in [3.63, 3.8) is 0 Å². The molecule has 1 aromatic rings. The maximum absolute atomic E-state index is 2.46. The van der Waals surface area contributed by atoms with Gasteiger partial charge in [-0.05, 0) is 40.2 Å². The molecule has 15 heavy (non-hydrogen) atoms. The summed E-state index contributed by atoms with van der Waals surface area (Å²) in [5, 5.41) is 0. The highest BCUT2D eigenvalue weighted by Crippen LogP contribution is 2.70. The monoisotopic (exact) mass is 200 g/mol. The lowest BCUT2D eigenvalue weighted by Gasteiger charge is -2.39. The molecule has 1 aromatic carbocycles. The summed E-state index contributed by atoms with van der Waals surface area (Å²) in [6.45, 7) is 9.84. The fraction of sp³-hybridized carbons (Fsp3) is 0.600. The molecule has 0 aromatic heterocycles. The highest BCUT2D eigenvalue weighted by molar-refractivity contribution is 5.52. The van der Waals surface area contributed by atoms with Gasteiger partial charge in [0.15, 0.2) is 0 Å². The second kappa shape index (κ2) is 2.31. The Balaban J connectivity index is 2.38. The van der Waals surface area contributed by atoms with Gasteiger partial charge in [-0.1, -0.05) is 52.0 Å². The molecule has 2 unspecified atom stereocenters. The molecule has 0 nitrogen and oxygen atoms in total. The van der Waals surface area contributed by atoms with Crippen LogP contribution in [0.15, 0.2) is 24.3 Å². The molecule has 0 saturated heterocycles. The number of hydrogen-bond acceptors (Lipinski definition) is 0. The SMILES string of the molecule is CC12CCC(C)(c3ccccc31)C2(C)C. The molecule has 0 spiro atoms. The molecule has 3 rings (SSSR count). The Bertz CT molecular complexity index is 390. The Kier molecular flexibility index (Phi) is 1.46. The highest BCUT2D eigenvalue weighted by atomic mass is 14.7. The van der Waals surface area contributed by atoms with Crippen LogP contribution in [0, 0.1) is 5.41 Å². The van der Waals surface area contributed by atoms with Gasteiger partial charge in [0.05, 0.1) is 0 Å². The van der Waals surface area contributed by atoms with E-state index in [1.165, 1.54) is 12.8 Å². The van der Waals surface area contributed by atoms with Gasteiger partial charge >= 0.3 is 0 Å². The summed E-state index contributed by atoms with van der Waals surface area (Å²) in [6, 6.07) is 9.09. The van der Waals surface area contributed by atoms with Gasteiger partial charge in [0.25, 0.3) is 0 Å². The number of rotatable bonds is 0. The Morgan fingerprint density at radius 1 is 0.800 bits per heavy atom. The van der Waals surface area contributed by atoms with Crippen molar-refractivity contribution in [1.29, 1.82) is 0 Å². The van der Waals surface area contributed by atoms with E-state index in [0.29, 0.717) is 16.2 Å². The summed E-state index contributed by atoms with van der Waals surface area (Å²) in [4.78, 5) is 0. The van der Waals surface area contributed by atoms with E-state index in [1.54, 1.807) is 11.1 Å². The normalized spacial score (nSPS) is 40.5. The molecule has 2 bridgehead atoms. The van der Waals surface area contributed by atoms with Gasteiger partial charge < -0.3 is 0 Å². The maximum atomic E-state index is 2.46. The second-order valence-corrected chi connectivity index (χ2v) is 6.33. The van der Waals surface area contributed by atoms with Gasteiger partial charge in [0.1, 0.15) is 0 Å². The van der Waals surface area contributed by atoms with Gasteiger partial charge in [-0.25, -0.2) is 0 Å². The minimum atomic E-state index is 0.401. The predicted molar refractivity (Wildman–Crippen MR) is 64.2 cm³/mol. The van der Waals surface area contributed by atoms with Crippen LogP contribution >= 0.6 is 0 Å². The minimum Gasteiger partial charge on any atom is -0.0620 e. The van der Waals surface area contributed by atoms with Crippen LogP contribution in [-0.4, -0.2) is 0 Å². The van der Waals surface area contributed by atoms with Crippen molar-refractivity contribution in [3.8, 4) is 0 Å². The van der Waals surface area contributed by atoms with Crippen LogP contribution in [0.2, 0.25) is 0 Å². The first-order valence-electron chi connectivity index (χ1n) is 6.03. The molecule has 2 aliphatic rings. The molecular weight excluding hydrogens is 180 g/mol. The largest absolute Gasteiger partial charge is 0.0620 e. The van der Waals surface area contributed by atoms with Crippen LogP contribution in [0.3, 0.4) is 0 Å². The quantitative estimate of drug-likeness (QED) is 0.593. The molecule has 2 aliphatic carbocycles. The van der Waals surface area contributed by atoms with Crippen molar-refractivity contribution in [2.24, 2.45) is 5.41 Å². The Morgan fingerprint density at radius 2 is 1.20 bits per heavy atom. The van der Waals surface area contributed by atoms with E-state index in [-0.39, 0.29) is 0 Å². The van der Waals surface area contributed by atoms with Crippen LogP contribution in [-0.2, 0) is 10.8 Å². The van der Waals surface area contributed by atoms with E-state index >= 15 is 0 Å². The van der Waals surface area contributed by atoms with Crippen molar-refractivity contribution < 1.29 is 0 Å². The summed E-state index contributed by atoms with van der Waals surface area (Å²) >= 11 is 0.